The molecule has 0 fully saturated rings. The molecule has 2 aromatic rings. The summed E-state index contributed by atoms with van der Waals surface area (Å²) >= 11 is 0. The lowest BCUT2D eigenvalue weighted by molar-refractivity contribution is 0.0697. The second kappa shape index (κ2) is 3.33. The van der Waals surface area contributed by atoms with Gasteiger partial charge in [-0.15, -0.1) is 0 Å². The number of aromatic nitrogens is 1. The van der Waals surface area contributed by atoms with Crippen LogP contribution in [0.1, 0.15) is 10.4 Å². The first kappa shape index (κ1) is 8.50. The molecular formula is C10H7NO3. The van der Waals surface area contributed by atoms with E-state index in [0.717, 1.165) is 11.8 Å². The fraction of sp³-hybridized carbons (Fsp3) is 0. The Hall–Kier alpha value is -2.10. The van der Waals surface area contributed by atoms with E-state index in [1.807, 2.05) is 18.2 Å². The molecule has 14 heavy (non-hydrogen) atoms. The lowest BCUT2D eigenvalue weighted by Crippen LogP contribution is -1.96. The molecule has 0 saturated heterocycles. The molecule has 1 aromatic heterocycles. The smallest absolute Gasteiger partial charge is 0.341 e. The second-order valence-electron chi connectivity index (χ2n) is 2.75. The van der Waals surface area contributed by atoms with E-state index in [9.17, 15) is 4.79 Å². The average Bonchev–Trinajstić information content (AvgIpc) is 2.67. The van der Waals surface area contributed by atoms with Crippen LogP contribution >= 0.6 is 0 Å². The summed E-state index contributed by atoms with van der Waals surface area (Å²) in [5, 5.41) is 12.5. The first-order valence-electron chi connectivity index (χ1n) is 4.02. The molecule has 70 valence electrons. The van der Waals surface area contributed by atoms with E-state index in [4.69, 9.17) is 5.11 Å². The van der Waals surface area contributed by atoms with Crippen molar-refractivity contribution in [3.8, 4) is 11.3 Å². The molecule has 0 amide bonds. The molecule has 0 spiro atoms. The molecule has 2 rings (SSSR count). The summed E-state index contributed by atoms with van der Waals surface area (Å²) in [7, 11) is 0. The van der Waals surface area contributed by atoms with Gasteiger partial charge in [-0.2, -0.15) is 0 Å². The van der Waals surface area contributed by atoms with Crippen LogP contribution in [-0.4, -0.2) is 16.2 Å². The van der Waals surface area contributed by atoms with Gasteiger partial charge in [-0.1, -0.05) is 35.5 Å². The number of rotatable bonds is 2. The molecule has 0 aliphatic carbocycles. The molecule has 1 N–H and O–H groups in total. The molecule has 0 aliphatic rings. The summed E-state index contributed by atoms with van der Waals surface area (Å²) in [5.74, 6) is -1.04. The van der Waals surface area contributed by atoms with Crippen molar-refractivity contribution in [1.82, 2.24) is 5.16 Å². The molecule has 0 saturated carbocycles. The minimum atomic E-state index is -1.04. The van der Waals surface area contributed by atoms with E-state index in [-0.39, 0.29) is 5.56 Å². The number of carbonyl (C=O) groups is 1. The number of carboxylic acids is 1. The zero-order valence-corrected chi connectivity index (χ0v) is 7.18. The minimum absolute atomic E-state index is 0.0798. The Balaban J connectivity index is 2.52. The Morgan fingerprint density at radius 3 is 2.64 bits per heavy atom. The Labute approximate surface area is 79.8 Å². The van der Waals surface area contributed by atoms with E-state index < -0.39 is 5.97 Å². The third-order valence-corrected chi connectivity index (χ3v) is 1.85. The lowest BCUT2D eigenvalue weighted by Gasteiger charge is -1.95. The van der Waals surface area contributed by atoms with E-state index in [0.29, 0.717) is 5.69 Å². The van der Waals surface area contributed by atoms with E-state index in [1.165, 1.54) is 0 Å². The highest BCUT2D eigenvalue weighted by Crippen LogP contribution is 2.21. The van der Waals surface area contributed by atoms with Crippen molar-refractivity contribution in [2.75, 3.05) is 0 Å². The van der Waals surface area contributed by atoms with Crippen LogP contribution in [0, 0.1) is 0 Å². The van der Waals surface area contributed by atoms with Crippen molar-refractivity contribution in [2.24, 2.45) is 0 Å². The minimum Gasteiger partial charge on any atom is -0.477 e. The van der Waals surface area contributed by atoms with Crippen LogP contribution in [0.4, 0.5) is 0 Å². The summed E-state index contributed by atoms with van der Waals surface area (Å²) in [6.45, 7) is 0. The molecule has 4 heteroatoms. The van der Waals surface area contributed by atoms with Gasteiger partial charge in [0.2, 0.25) is 0 Å². The van der Waals surface area contributed by atoms with Gasteiger partial charge in [0.15, 0.2) is 0 Å². The highest BCUT2D eigenvalue weighted by atomic mass is 16.5. The quantitative estimate of drug-likeness (QED) is 0.785. The van der Waals surface area contributed by atoms with Crippen LogP contribution < -0.4 is 0 Å². The van der Waals surface area contributed by atoms with Crippen LogP contribution in [0.25, 0.3) is 11.3 Å². The second-order valence-corrected chi connectivity index (χ2v) is 2.75. The topological polar surface area (TPSA) is 63.3 Å². The normalized spacial score (nSPS) is 10.0. The van der Waals surface area contributed by atoms with Crippen molar-refractivity contribution in [1.29, 1.82) is 0 Å². The summed E-state index contributed by atoms with van der Waals surface area (Å²) in [4.78, 5) is 10.8. The molecule has 0 bridgehead atoms. The standard InChI is InChI=1S/C10H7NO3/c12-10(13)8-6-14-11-9(8)7-4-2-1-3-5-7/h1-6H,(H,12,13). The van der Waals surface area contributed by atoms with Gasteiger partial charge in [0, 0.05) is 5.56 Å². The number of hydrogen-bond acceptors (Lipinski definition) is 3. The van der Waals surface area contributed by atoms with Crippen molar-refractivity contribution < 1.29 is 14.4 Å². The van der Waals surface area contributed by atoms with Crippen molar-refractivity contribution >= 4 is 5.97 Å². The lowest BCUT2D eigenvalue weighted by atomic mass is 10.1. The highest BCUT2D eigenvalue weighted by Gasteiger charge is 2.15. The molecule has 4 nitrogen and oxygen atoms in total. The number of carboxylic acid groups (broad SMARTS) is 1. The molecule has 1 aromatic carbocycles. The van der Waals surface area contributed by atoms with Gasteiger partial charge in [-0.25, -0.2) is 4.79 Å². The Morgan fingerprint density at radius 2 is 2.00 bits per heavy atom. The van der Waals surface area contributed by atoms with Gasteiger partial charge in [0.05, 0.1) is 0 Å². The van der Waals surface area contributed by atoms with Crippen molar-refractivity contribution in [3.63, 3.8) is 0 Å². The zero-order chi connectivity index (χ0) is 9.97. The van der Waals surface area contributed by atoms with E-state index >= 15 is 0 Å². The maximum atomic E-state index is 10.8. The maximum Gasteiger partial charge on any atom is 0.341 e. The van der Waals surface area contributed by atoms with Gasteiger partial charge in [0.1, 0.15) is 17.5 Å². The number of hydrogen-bond donors (Lipinski definition) is 1. The predicted octanol–water partition coefficient (Wildman–Crippen LogP) is 2.04. The first-order chi connectivity index (χ1) is 6.79. The van der Waals surface area contributed by atoms with Crippen LogP contribution in [0.2, 0.25) is 0 Å². The third-order valence-electron chi connectivity index (χ3n) is 1.85. The molecule has 0 atom stereocenters. The van der Waals surface area contributed by atoms with Crippen molar-refractivity contribution in [2.45, 2.75) is 0 Å². The van der Waals surface area contributed by atoms with Gasteiger partial charge < -0.3 is 9.63 Å². The first-order valence-corrected chi connectivity index (χ1v) is 4.02. The Bertz CT molecular complexity index is 447. The van der Waals surface area contributed by atoms with Gasteiger partial charge >= 0.3 is 5.97 Å². The molecule has 0 aliphatic heterocycles. The fourth-order valence-electron chi connectivity index (χ4n) is 1.19. The fourth-order valence-corrected chi connectivity index (χ4v) is 1.19. The number of aromatic carboxylic acids is 1. The molecular weight excluding hydrogens is 182 g/mol. The SMILES string of the molecule is O=C(O)c1conc1-c1ccccc1. The summed E-state index contributed by atoms with van der Waals surface area (Å²) in [6.07, 6.45) is 1.13. The van der Waals surface area contributed by atoms with E-state index in [1.54, 1.807) is 12.1 Å². The highest BCUT2D eigenvalue weighted by molar-refractivity contribution is 5.94. The molecule has 0 radical (unpaired) electrons. The van der Waals surface area contributed by atoms with Crippen LogP contribution in [-0.2, 0) is 0 Å². The van der Waals surface area contributed by atoms with Crippen LogP contribution in [0.5, 0.6) is 0 Å². The van der Waals surface area contributed by atoms with Crippen molar-refractivity contribution in [3.05, 3.63) is 42.2 Å². The zero-order valence-electron chi connectivity index (χ0n) is 7.18. The number of benzene rings is 1. The average molecular weight is 189 g/mol. The molecule has 1 heterocycles. The Morgan fingerprint density at radius 1 is 1.29 bits per heavy atom. The van der Waals surface area contributed by atoms with Crippen LogP contribution in [0.3, 0.4) is 0 Å². The third kappa shape index (κ3) is 1.37. The summed E-state index contributed by atoms with van der Waals surface area (Å²) in [5.41, 5.74) is 1.17. The monoisotopic (exact) mass is 189 g/mol. The largest absolute Gasteiger partial charge is 0.477 e. The molecule has 0 unspecified atom stereocenters. The number of nitrogens with zero attached hydrogens (tertiary/aromatic N) is 1. The predicted molar refractivity (Wildman–Crippen MR) is 48.9 cm³/mol. The van der Waals surface area contributed by atoms with Gasteiger partial charge in [0.25, 0.3) is 0 Å². The maximum absolute atomic E-state index is 10.8. The summed E-state index contributed by atoms with van der Waals surface area (Å²) in [6, 6.07) is 9.05. The van der Waals surface area contributed by atoms with Gasteiger partial charge in [-0.05, 0) is 0 Å². The van der Waals surface area contributed by atoms with Gasteiger partial charge in [-0.3, -0.25) is 0 Å². The van der Waals surface area contributed by atoms with Crippen LogP contribution in [0.15, 0.2) is 41.1 Å². The Kier molecular flexibility index (Phi) is 2.02. The van der Waals surface area contributed by atoms with E-state index in [2.05, 4.69) is 9.68 Å². The summed E-state index contributed by atoms with van der Waals surface area (Å²) < 4.78 is 4.63.